The first-order chi connectivity index (χ1) is 14.5. The van der Waals surface area contributed by atoms with Gasteiger partial charge in [-0.3, -0.25) is 4.90 Å². The quantitative estimate of drug-likeness (QED) is 0.691. The van der Waals surface area contributed by atoms with Gasteiger partial charge in [0.05, 0.1) is 11.7 Å². The number of piperidine rings is 2. The summed E-state index contributed by atoms with van der Waals surface area (Å²) in [7, 11) is -3.22. The summed E-state index contributed by atoms with van der Waals surface area (Å²) < 4.78 is 27.5. The number of aromatic amines is 1. The number of hydrogen-bond donors (Lipinski definition) is 1. The first-order valence-corrected chi connectivity index (χ1v) is 12.5. The maximum absolute atomic E-state index is 12.9. The third-order valence-electron chi connectivity index (χ3n) is 6.71. The third-order valence-corrected chi connectivity index (χ3v) is 8.52. The van der Waals surface area contributed by atoms with E-state index in [-0.39, 0.29) is 5.88 Å². The minimum atomic E-state index is -3.22. The van der Waals surface area contributed by atoms with E-state index in [9.17, 15) is 8.42 Å². The molecule has 0 aromatic carbocycles. The first kappa shape index (κ1) is 19.9. The molecule has 7 nitrogen and oxygen atoms in total. The van der Waals surface area contributed by atoms with Gasteiger partial charge in [0.2, 0.25) is 10.0 Å². The molecule has 0 saturated carbocycles. The number of rotatable bonds is 4. The molecule has 2 aliphatic heterocycles. The monoisotopic (exact) mass is 427 g/mol. The van der Waals surface area contributed by atoms with E-state index < -0.39 is 10.0 Å². The van der Waals surface area contributed by atoms with Gasteiger partial charge in [0.15, 0.2) is 5.65 Å². The fourth-order valence-electron chi connectivity index (χ4n) is 5.11. The van der Waals surface area contributed by atoms with Crippen molar-refractivity contribution in [3.63, 3.8) is 0 Å². The predicted molar refractivity (Wildman–Crippen MR) is 119 cm³/mol. The van der Waals surface area contributed by atoms with Crippen LogP contribution in [0.2, 0.25) is 0 Å². The van der Waals surface area contributed by atoms with Crippen molar-refractivity contribution < 1.29 is 8.42 Å². The molecule has 30 heavy (non-hydrogen) atoms. The molecule has 3 aromatic rings. The summed E-state index contributed by atoms with van der Waals surface area (Å²) in [5, 5.41) is 2.29. The summed E-state index contributed by atoms with van der Waals surface area (Å²) in [5.74, 6) is 1.02. The minimum Gasteiger partial charge on any atom is -0.360 e. The number of aromatic nitrogens is 3. The van der Waals surface area contributed by atoms with Gasteiger partial charge in [0, 0.05) is 36.3 Å². The molecule has 160 valence electrons. The van der Waals surface area contributed by atoms with E-state index in [1.54, 1.807) is 4.31 Å². The Balaban J connectivity index is 1.31. The topological polar surface area (TPSA) is 82.2 Å². The van der Waals surface area contributed by atoms with E-state index in [0.29, 0.717) is 24.9 Å². The lowest BCUT2D eigenvalue weighted by Gasteiger charge is -2.35. The van der Waals surface area contributed by atoms with Crippen molar-refractivity contribution in [1.29, 1.82) is 0 Å². The summed E-state index contributed by atoms with van der Waals surface area (Å²) in [6.45, 7) is 5.10. The second-order valence-corrected chi connectivity index (χ2v) is 10.8. The SMILES string of the molecule is CC1CCCN(S(=O)(=O)CN2CCC(c3cc[nH]c4cnc5nccc5c34)CC2)C1. The van der Waals surface area contributed by atoms with Crippen LogP contribution in [0.1, 0.15) is 44.1 Å². The van der Waals surface area contributed by atoms with Gasteiger partial charge in [-0.15, -0.1) is 0 Å². The highest BCUT2D eigenvalue weighted by molar-refractivity contribution is 7.89. The number of sulfonamides is 1. The van der Waals surface area contributed by atoms with Crippen LogP contribution in [0.4, 0.5) is 0 Å². The van der Waals surface area contributed by atoms with Crippen LogP contribution in [-0.4, -0.2) is 64.6 Å². The van der Waals surface area contributed by atoms with Crippen molar-refractivity contribution in [2.24, 2.45) is 5.92 Å². The smallest absolute Gasteiger partial charge is 0.227 e. The molecule has 1 unspecified atom stereocenters. The molecule has 8 heteroatoms. The predicted octanol–water partition coefficient (Wildman–Crippen LogP) is 3.31. The molecule has 1 atom stereocenters. The van der Waals surface area contributed by atoms with Gasteiger partial charge in [0.1, 0.15) is 5.88 Å². The second-order valence-electron chi connectivity index (χ2n) is 8.90. The van der Waals surface area contributed by atoms with Crippen molar-refractivity contribution in [2.75, 3.05) is 32.1 Å². The average Bonchev–Trinajstić information content (AvgIpc) is 3.23. The van der Waals surface area contributed by atoms with E-state index in [2.05, 4.69) is 32.8 Å². The summed E-state index contributed by atoms with van der Waals surface area (Å²) in [6, 6.07) is 4.20. The lowest BCUT2D eigenvalue weighted by atomic mass is 9.87. The summed E-state index contributed by atoms with van der Waals surface area (Å²) in [5.41, 5.74) is 3.12. The Hall–Kier alpha value is -2.03. The highest BCUT2D eigenvalue weighted by Gasteiger charge is 2.31. The molecule has 1 N–H and O–H groups in total. The van der Waals surface area contributed by atoms with Crippen LogP contribution in [0, 0.1) is 5.92 Å². The zero-order valence-electron chi connectivity index (χ0n) is 17.4. The molecular formula is C22H29N5O2S. The van der Waals surface area contributed by atoms with Gasteiger partial charge in [0.25, 0.3) is 0 Å². The molecular weight excluding hydrogens is 398 g/mol. The summed E-state index contributed by atoms with van der Waals surface area (Å²) in [4.78, 5) is 14.2. The number of H-pyrrole nitrogens is 1. The molecule has 5 rings (SSSR count). The Morgan fingerprint density at radius 3 is 2.77 bits per heavy atom. The Bertz CT molecular complexity index is 1150. The van der Waals surface area contributed by atoms with Gasteiger partial charge in [-0.1, -0.05) is 6.92 Å². The Labute approximate surface area is 177 Å². The highest BCUT2D eigenvalue weighted by atomic mass is 32.2. The standard InChI is InChI=1S/C22H29N5O2S/c1-16-3-2-10-27(14-16)30(28,29)15-26-11-6-17(7-12-26)18-4-8-23-20-13-25-22-19(21(18)20)5-9-24-22/h4-5,8-9,13,16-17,23H,2-3,6-7,10-12,14-15H2,1H3. The molecule has 3 aromatic heterocycles. The molecule has 0 radical (unpaired) electrons. The van der Waals surface area contributed by atoms with Crippen LogP contribution < -0.4 is 0 Å². The first-order valence-electron chi connectivity index (χ1n) is 10.9. The molecule has 0 spiro atoms. The maximum Gasteiger partial charge on any atom is 0.227 e. The maximum atomic E-state index is 12.9. The molecule has 2 fully saturated rings. The van der Waals surface area contributed by atoms with Gasteiger partial charge in [-0.25, -0.2) is 22.7 Å². The fraction of sp³-hybridized carbons (Fsp3) is 0.545. The van der Waals surface area contributed by atoms with E-state index >= 15 is 0 Å². The molecule has 0 amide bonds. The minimum absolute atomic E-state index is 0.149. The van der Waals surface area contributed by atoms with Crippen molar-refractivity contribution in [2.45, 2.75) is 38.5 Å². The summed E-state index contributed by atoms with van der Waals surface area (Å²) in [6.07, 6.45) is 9.67. The number of hydrogen-bond acceptors (Lipinski definition) is 5. The van der Waals surface area contributed by atoms with Gasteiger partial charge in [-0.2, -0.15) is 0 Å². The van der Waals surface area contributed by atoms with Crippen LogP contribution in [0.3, 0.4) is 0 Å². The van der Waals surface area contributed by atoms with Crippen molar-refractivity contribution in [1.82, 2.24) is 24.2 Å². The highest BCUT2D eigenvalue weighted by Crippen LogP contribution is 2.35. The second kappa shape index (κ2) is 7.90. The zero-order valence-corrected chi connectivity index (χ0v) is 18.2. The van der Waals surface area contributed by atoms with Gasteiger partial charge in [-0.05, 0) is 68.3 Å². The van der Waals surface area contributed by atoms with E-state index in [4.69, 9.17) is 0 Å². The number of nitrogens with zero attached hydrogens (tertiary/aromatic N) is 4. The average molecular weight is 428 g/mol. The number of nitrogens with one attached hydrogen (secondary N) is 1. The Morgan fingerprint density at radius 1 is 1.13 bits per heavy atom. The Kier molecular flexibility index (Phi) is 5.24. The van der Waals surface area contributed by atoms with E-state index in [1.165, 1.54) is 10.9 Å². The Morgan fingerprint density at radius 2 is 1.97 bits per heavy atom. The van der Waals surface area contributed by atoms with Crippen LogP contribution in [0.25, 0.3) is 21.9 Å². The van der Waals surface area contributed by atoms with E-state index in [1.807, 2.05) is 24.7 Å². The lowest BCUT2D eigenvalue weighted by molar-refractivity contribution is 0.228. The molecule has 2 saturated heterocycles. The van der Waals surface area contributed by atoms with Gasteiger partial charge < -0.3 is 4.98 Å². The number of pyridine rings is 2. The molecule has 5 heterocycles. The molecule has 0 bridgehead atoms. The molecule has 2 aliphatic rings. The summed E-state index contributed by atoms with van der Waals surface area (Å²) >= 11 is 0. The molecule has 0 aliphatic carbocycles. The number of likely N-dealkylation sites (tertiary alicyclic amines) is 1. The van der Waals surface area contributed by atoms with Crippen LogP contribution >= 0.6 is 0 Å². The fourth-order valence-corrected chi connectivity index (χ4v) is 6.88. The van der Waals surface area contributed by atoms with Crippen molar-refractivity contribution >= 4 is 32.0 Å². The lowest BCUT2D eigenvalue weighted by Crippen LogP contribution is -2.46. The van der Waals surface area contributed by atoms with E-state index in [0.717, 1.165) is 55.3 Å². The van der Waals surface area contributed by atoms with Crippen molar-refractivity contribution in [3.05, 3.63) is 36.3 Å². The normalized spacial score (nSPS) is 22.8. The zero-order chi connectivity index (χ0) is 20.7. The van der Waals surface area contributed by atoms with Gasteiger partial charge >= 0.3 is 0 Å². The number of fused-ring (bicyclic) bond motifs is 3. The third kappa shape index (κ3) is 3.72. The van der Waals surface area contributed by atoms with Crippen LogP contribution in [0.5, 0.6) is 0 Å². The van der Waals surface area contributed by atoms with Crippen LogP contribution in [0.15, 0.2) is 30.7 Å². The van der Waals surface area contributed by atoms with Crippen molar-refractivity contribution in [3.8, 4) is 0 Å². The van der Waals surface area contributed by atoms with Crippen LogP contribution in [-0.2, 0) is 10.0 Å². The largest absolute Gasteiger partial charge is 0.360 e.